The molecule has 2 aromatic rings. The maximum atomic E-state index is 12.5. The van der Waals surface area contributed by atoms with Crippen molar-refractivity contribution in [3.05, 3.63) is 59.7 Å². The van der Waals surface area contributed by atoms with Gasteiger partial charge in [-0.3, -0.25) is 4.79 Å². The quantitative estimate of drug-likeness (QED) is 0.875. The van der Waals surface area contributed by atoms with Gasteiger partial charge in [0.2, 0.25) is 0 Å². The van der Waals surface area contributed by atoms with Gasteiger partial charge in [-0.1, -0.05) is 25.5 Å². The number of nitrogens with one attached hydrogen (secondary N) is 1. The number of carbonyl (C=O) groups excluding carboxylic acids is 1. The van der Waals surface area contributed by atoms with E-state index in [1.165, 1.54) is 18.4 Å². The van der Waals surface area contributed by atoms with Gasteiger partial charge in [-0.25, -0.2) is 0 Å². The number of nitrogens with zero attached hydrogens (tertiary/aromatic N) is 1. The van der Waals surface area contributed by atoms with Crippen molar-refractivity contribution in [3.63, 3.8) is 0 Å². The second kappa shape index (κ2) is 7.50. The van der Waals surface area contributed by atoms with E-state index in [0.717, 1.165) is 49.5 Å². The molecular weight excluding hydrogens is 324 g/mol. The van der Waals surface area contributed by atoms with Crippen LogP contribution in [0.15, 0.2) is 48.5 Å². The average Bonchev–Trinajstić information content (AvgIpc) is 3.49. The molecule has 0 spiro atoms. The molecule has 26 heavy (non-hydrogen) atoms. The Balaban J connectivity index is 1.37. The number of morpholine rings is 1. The number of ether oxygens (including phenoxy) is 1. The average molecular weight is 350 g/mol. The Morgan fingerprint density at radius 2 is 1.77 bits per heavy atom. The van der Waals surface area contributed by atoms with E-state index in [1.54, 1.807) is 0 Å². The van der Waals surface area contributed by atoms with Gasteiger partial charge < -0.3 is 15.0 Å². The molecule has 1 heterocycles. The minimum Gasteiger partial charge on any atom is -0.378 e. The summed E-state index contributed by atoms with van der Waals surface area (Å²) in [6, 6.07) is 16.1. The van der Waals surface area contributed by atoms with Crippen molar-refractivity contribution < 1.29 is 9.53 Å². The third kappa shape index (κ3) is 3.75. The van der Waals surface area contributed by atoms with Crippen LogP contribution in [0.25, 0.3) is 0 Å². The normalized spacial score (nSPS) is 22.1. The van der Waals surface area contributed by atoms with Crippen LogP contribution < -0.4 is 10.2 Å². The lowest BCUT2D eigenvalue weighted by atomic mass is 10.1. The minimum atomic E-state index is -0.0656. The van der Waals surface area contributed by atoms with Crippen molar-refractivity contribution in [1.29, 1.82) is 0 Å². The van der Waals surface area contributed by atoms with Crippen LogP contribution in [0.2, 0.25) is 0 Å². The van der Waals surface area contributed by atoms with Gasteiger partial charge in [-0.2, -0.15) is 0 Å². The zero-order chi connectivity index (χ0) is 17.9. The third-order valence-corrected chi connectivity index (χ3v) is 5.55. The lowest BCUT2D eigenvalue weighted by Crippen LogP contribution is -2.36. The van der Waals surface area contributed by atoms with E-state index in [9.17, 15) is 4.79 Å². The fraction of sp³-hybridized carbons (Fsp3) is 0.409. The van der Waals surface area contributed by atoms with E-state index in [2.05, 4.69) is 29.3 Å². The summed E-state index contributed by atoms with van der Waals surface area (Å²) in [5.41, 5.74) is 4.07. The van der Waals surface area contributed by atoms with Gasteiger partial charge in [0.25, 0.3) is 5.91 Å². The molecule has 0 aromatic heterocycles. The number of hydrogen-bond acceptors (Lipinski definition) is 3. The summed E-state index contributed by atoms with van der Waals surface area (Å²) >= 11 is 0. The van der Waals surface area contributed by atoms with E-state index < -0.39 is 0 Å². The third-order valence-electron chi connectivity index (χ3n) is 5.55. The SMILES string of the molecule is CCC1CC1c1ccc(NC(=O)c2ccc(N3CCOCC3)cc2)cc1. The fourth-order valence-electron chi connectivity index (χ4n) is 3.77. The Hall–Kier alpha value is -2.33. The summed E-state index contributed by atoms with van der Waals surface area (Å²) in [4.78, 5) is 14.8. The number of amides is 1. The fourth-order valence-corrected chi connectivity index (χ4v) is 3.77. The van der Waals surface area contributed by atoms with Crippen molar-refractivity contribution in [2.24, 2.45) is 5.92 Å². The monoisotopic (exact) mass is 350 g/mol. The first-order chi connectivity index (χ1) is 12.7. The summed E-state index contributed by atoms with van der Waals surface area (Å²) in [5.74, 6) is 1.50. The second-order valence-electron chi connectivity index (χ2n) is 7.23. The molecule has 1 amide bonds. The highest BCUT2D eigenvalue weighted by Gasteiger charge is 2.36. The Labute approximate surface area is 155 Å². The van der Waals surface area contributed by atoms with Gasteiger partial charge in [-0.15, -0.1) is 0 Å². The molecule has 2 unspecified atom stereocenters. The lowest BCUT2D eigenvalue weighted by molar-refractivity contribution is 0.102. The molecule has 1 aliphatic heterocycles. The predicted molar refractivity (Wildman–Crippen MR) is 105 cm³/mol. The molecule has 4 nitrogen and oxygen atoms in total. The minimum absolute atomic E-state index is 0.0656. The molecular formula is C22H26N2O2. The molecule has 1 saturated carbocycles. The largest absolute Gasteiger partial charge is 0.378 e. The molecule has 4 heteroatoms. The molecule has 1 aliphatic carbocycles. The number of benzene rings is 2. The first-order valence-electron chi connectivity index (χ1n) is 9.58. The van der Waals surface area contributed by atoms with E-state index in [4.69, 9.17) is 4.74 Å². The maximum absolute atomic E-state index is 12.5. The van der Waals surface area contributed by atoms with E-state index in [1.807, 2.05) is 36.4 Å². The number of rotatable bonds is 5. The molecule has 4 rings (SSSR count). The molecule has 0 radical (unpaired) electrons. The van der Waals surface area contributed by atoms with Gasteiger partial charge in [0.15, 0.2) is 0 Å². The molecule has 1 saturated heterocycles. The maximum Gasteiger partial charge on any atom is 0.255 e. The smallest absolute Gasteiger partial charge is 0.255 e. The lowest BCUT2D eigenvalue weighted by Gasteiger charge is -2.28. The highest BCUT2D eigenvalue weighted by Crippen LogP contribution is 2.49. The standard InChI is InChI=1S/C22H26N2O2/c1-2-16-15-21(16)17-3-7-19(8-4-17)23-22(25)18-5-9-20(10-6-18)24-11-13-26-14-12-24/h3-10,16,21H,2,11-15H2,1H3,(H,23,25). The molecule has 2 aliphatic rings. The predicted octanol–water partition coefficient (Wildman–Crippen LogP) is 4.29. The van der Waals surface area contributed by atoms with Crippen molar-refractivity contribution in [3.8, 4) is 0 Å². The van der Waals surface area contributed by atoms with Crippen molar-refractivity contribution in [2.75, 3.05) is 36.5 Å². The Morgan fingerprint density at radius 3 is 2.38 bits per heavy atom. The van der Waals surface area contributed by atoms with Gasteiger partial charge >= 0.3 is 0 Å². The van der Waals surface area contributed by atoms with Gasteiger partial charge in [0.1, 0.15) is 0 Å². The van der Waals surface area contributed by atoms with Crippen molar-refractivity contribution >= 4 is 17.3 Å². The van der Waals surface area contributed by atoms with Gasteiger partial charge in [-0.05, 0) is 60.2 Å². The highest BCUT2D eigenvalue weighted by molar-refractivity contribution is 6.04. The second-order valence-corrected chi connectivity index (χ2v) is 7.23. The van der Waals surface area contributed by atoms with Crippen LogP contribution in [0.5, 0.6) is 0 Å². The molecule has 2 aromatic carbocycles. The summed E-state index contributed by atoms with van der Waals surface area (Å²) in [7, 11) is 0. The van der Waals surface area contributed by atoms with Crippen LogP contribution >= 0.6 is 0 Å². The molecule has 1 N–H and O–H groups in total. The van der Waals surface area contributed by atoms with Crippen LogP contribution in [0, 0.1) is 5.92 Å². The Bertz CT molecular complexity index is 749. The summed E-state index contributed by atoms with van der Waals surface area (Å²) < 4.78 is 5.38. The van der Waals surface area contributed by atoms with Gasteiger partial charge in [0, 0.05) is 30.0 Å². The summed E-state index contributed by atoms with van der Waals surface area (Å²) in [6.07, 6.45) is 2.56. The van der Waals surface area contributed by atoms with E-state index in [0.29, 0.717) is 5.56 Å². The van der Waals surface area contributed by atoms with Crippen LogP contribution in [-0.4, -0.2) is 32.2 Å². The van der Waals surface area contributed by atoms with Crippen molar-refractivity contribution in [2.45, 2.75) is 25.7 Å². The molecule has 2 fully saturated rings. The Morgan fingerprint density at radius 1 is 1.08 bits per heavy atom. The topological polar surface area (TPSA) is 41.6 Å². The van der Waals surface area contributed by atoms with Gasteiger partial charge in [0.05, 0.1) is 13.2 Å². The molecule has 2 atom stereocenters. The van der Waals surface area contributed by atoms with Crippen molar-refractivity contribution in [1.82, 2.24) is 0 Å². The zero-order valence-corrected chi connectivity index (χ0v) is 15.3. The summed E-state index contributed by atoms with van der Waals surface area (Å²) in [6.45, 7) is 5.58. The molecule has 136 valence electrons. The number of hydrogen-bond donors (Lipinski definition) is 1. The van der Waals surface area contributed by atoms with Crippen LogP contribution in [-0.2, 0) is 4.74 Å². The summed E-state index contributed by atoms with van der Waals surface area (Å²) in [5, 5.41) is 3.00. The Kier molecular flexibility index (Phi) is 4.93. The number of anilines is 2. The first-order valence-corrected chi connectivity index (χ1v) is 9.58. The van der Waals surface area contributed by atoms with Crippen LogP contribution in [0.1, 0.15) is 41.6 Å². The van der Waals surface area contributed by atoms with Crippen LogP contribution in [0.3, 0.4) is 0 Å². The van der Waals surface area contributed by atoms with Crippen LogP contribution in [0.4, 0.5) is 11.4 Å². The highest BCUT2D eigenvalue weighted by atomic mass is 16.5. The van der Waals surface area contributed by atoms with E-state index >= 15 is 0 Å². The molecule has 0 bridgehead atoms. The van der Waals surface area contributed by atoms with E-state index in [-0.39, 0.29) is 5.91 Å². The number of carbonyl (C=O) groups is 1. The first kappa shape index (κ1) is 17.1. The zero-order valence-electron chi connectivity index (χ0n) is 15.3.